The highest BCUT2D eigenvalue weighted by atomic mass is 35.5. The molecule has 3 N–H and O–H groups in total. The fourth-order valence-corrected chi connectivity index (χ4v) is 6.00. The number of allylic oxidation sites excluding steroid dienone is 2. The van der Waals surface area contributed by atoms with Gasteiger partial charge in [-0.3, -0.25) is 9.69 Å². The van der Waals surface area contributed by atoms with Gasteiger partial charge >= 0.3 is 0 Å². The molecular formula is C27H33ClFN5O3. The summed E-state index contributed by atoms with van der Waals surface area (Å²) in [5.41, 5.74) is 2.62. The maximum atomic E-state index is 14.3. The van der Waals surface area contributed by atoms with Crippen LogP contribution in [0.25, 0.3) is 0 Å². The third kappa shape index (κ3) is 5.30. The monoisotopic (exact) mass is 529 g/mol. The Morgan fingerprint density at radius 2 is 2.11 bits per heavy atom. The molecule has 3 saturated heterocycles. The van der Waals surface area contributed by atoms with Crippen LogP contribution in [0.5, 0.6) is 5.75 Å². The minimum absolute atomic E-state index is 0.129. The molecule has 1 saturated carbocycles. The topological polar surface area (TPSA) is 101 Å². The first kappa shape index (κ1) is 25.9. The van der Waals surface area contributed by atoms with Crippen molar-refractivity contribution in [2.45, 2.75) is 51.7 Å². The van der Waals surface area contributed by atoms with Gasteiger partial charge < -0.3 is 25.5 Å². The van der Waals surface area contributed by atoms with E-state index < -0.39 is 5.82 Å². The molecule has 198 valence electrons. The summed E-state index contributed by atoms with van der Waals surface area (Å²) in [5.74, 6) is 0.451. The van der Waals surface area contributed by atoms with Gasteiger partial charge in [0.1, 0.15) is 23.5 Å². The van der Waals surface area contributed by atoms with E-state index in [0.717, 1.165) is 37.9 Å². The first-order valence-electron chi connectivity index (χ1n) is 12.8. The SMILES string of the molecule is CC1=N/C(=C2\CN(C(=O)c3ccc(F)cc3OC3CC4CCC(C3)N(CCO)C4)CC2=N)NC(C)=C1Cl. The molecule has 0 spiro atoms. The number of benzene rings is 1. The predicted octanol–water partition coefficient (Wildman–Crippen LogP) is 3.66. The number of nitrogens with one attached hydrogen (secondary N) is 2. The molecule has 0 radical (unpaired) electrons. The molecule has 5 aliphatic rings. The number of rotatable bonds is 5. The molecule has 1 aromatic carbocycles. The predicted molar refractivity (Wildman–Crippen MR) is 141 cm³/mol. The molecule has 0 aromatic heterocycles. The number of aliphatic hydroxyl groups is 1. The van der Waals surface area contributed by atoms with E-state index >= 15 is 0 Å². The summed E-state index contributed by atoms with van der Waals surface area (Å²) in [6.07, 6.45) is 3.66. The third-order valence-corrected chi connectivity index (χ3v) is 8.33. The van der Waals surface area contributed by atoms with Gasteiger partial charge in [0.2, 0.25) is 0 Å². The van der Waals surface area contributed by atoms with Crippen LogP contribution >= 0.6 is 11.6 Å². The molecule has 4 fully saturated rings. The second-order valence-electron chi connectivity index (χ2n) is 10.4. The van der Waals surface area contributed by atoms with Crippen molar-refractivity contribution >= 4 is 28.9 Å². The zero-order valence-corrected chi connectivity index (χ0v) is 21.9. The largest absolute Gasteiger partial charge is 0.489 e. The van der Waals surface area contributed by atoms with Crippen LogP contribution < -0.4 is 10.1 Å². The molecule has 10 heteroatoms. The van der Waals surface area contributed by atoms with Gasteiger partial charge in [-0.15, -0.1) is 0 Å². The van der Waals surface area contributed by atoms with Crippen LogP contribution in [-0.2, 0) is 0 Å². The number of aliphatic hydroxyl groups excluding tert-OH is 1. The number of fused-ring (bicyclic) bond motifs is 4. The number of carbonyl (C=O) groups excluding carboxylic acids is 1. The van der Waals surface area contributed by atoms with Crippen molar-refractivity contribution in [3.8, 4) is 5.75 Å². The fourth-order valence-electron chi connectivity index (χ4n) is 5.91. The Balaban J connectivity index is 1.35. The van der Waals surface area contributed by atoms with E-state index in [9.17, 15) is 14.3 Å². The van der Waals surface area contributed by atoms with Crippen LogP contribution in [0, 0.1) is 17.1 Å². The van der Waals surface area contributed by atoms with Crippen molar-refractivity contribution in [1.29, 1.82) is 5.41 Å². The maximum absolute atomic E-state index is 14.3. The van der Waals surface area contributed by atoms with E-state index in [0.29, 0.717) is 51.9 Å². The first-order valence-corrected chi connectivity index (χ1v) is 13.2. The number of aliphatic imine (C=N–C) groups is 1. The second-order valence-corrected chi connectivity index (χ2v) is 10.8. The molecule has 1 aliphatic carbocycles. The van der Waals surface area contributed by atoms with Crippen molar-refractivity contribution in [1.82, 2.24) is 15.1 Å². The summed E-state index contributed by atoms with van der Waals surface area (Å²) in [5, 5.41) is 21.6. The third-order valence-electron chi connectivity index (χ3n) is 7.77. The minimum atomic E-state index is -0.461. The van der Waals surface area contributed by atoms with Gasteiger partial charge in [-0.05, 0) is 57.6 Å². The number of amides is 1. The molecule has 3 unspecified atom stereocenters. The van der Waals surface area contributed by atoms with Crippen molar-refractivity contribution in [3.05, 3.63) is 51.7 Å². The zero-order valence-electron chi connectivity index (χ0n) is 21.2. The Morgan fingerprint density at radius 3 is 2.86 bits per heavy atom. The molecule has 4 heterocycles. The molecule has 1 amide bonds. The lowest BCUT2D eigenvalue weighted by molar-refractivity contribution is 0.0792. The second kappa shape index (κ2) is 10.6. The fraction of sp³-hybridized carbons (Fsp3) is 0.519. The summed E-state index contributed by atoms with van der Waals surface area (Å²) in [6, 6.07) is 4.35. The van der Waals surface area contributed by atoms with Crippen LogP contribution in [0.3, 0.4) is 0 Å². The van der Waals surface area contributed by atoms with E-state index in [1.807, 2.05) is 6.92 Å². The highest BCUT2D eigenvalue weighted by Gasteiger charge is 2.37. The molecule has 3 atom stereocenters. The van der Waals surface area contributed by atoms with Crippen molar-refractivity contribution in [2.75, 3.05) is 32.8 Å². The minimum Gasteiger partial charge on any atom is -0.489 e. The van der Waals surface area contributed by atoms with Gasteiger partial charge in [0, 0.05) is 36.5 Å². The van der Waals surface area contributed by atoms with Gasteiger partial charge in [0.15, 0.2) is 0 Å². The van der Waals surface area contributed by atoms with E-state index in [-0.39, 0.29) is 37.5 Å². The van der Waals surface area contributed by atoms with Crippen LogP contribution in [-0.4, -0.2) is 77.2 Å². The van der Waals surface area contributed by atoms with E-state index in [4.69, 9.17) is 21.7 Å². The van der Waals surface area contributed by atoms with Gasteiger partial charge in [-0.2, -0.15) is 0 Å². The number of likely N-dealkylation sites (tertiary alicyclic amines) is 1. The molecule has 4 aliphatic heterocycles. The quantitative estimate of drug-likeness (QED) is 0.540. The van der Waals surface area contributed by atoms with Gasteiger partial charge in [-0.1, -0.05) is 11.6 Å². The smallest absolute Gasteiger partial charge is 0.258 e. The molecule has 6 rings (SSSR count). The lowest BCUT2D eigenvalue weighted by Crippen LogP contribution is -2.42. The van der Waals surface area contributed by atoms with Crippen LogP contribution in [0.2, 0.25) is 0 Å². The number of carbonyl (C=O) groups is 1. The van der Waals surface area contributed by atoms with Crippen molar-refractivity contribution < 1.29 is 19.0 Å². The van der Waals surface area contributed by atoms with Crippen molar-refractivity contribution in [3.63, 3.8) is 0 Å². The Hall–Kier alpha value is -2.75. The highest BCUT2D eigenvalue weighted by Crippen LogP contribution is 2.36. The van der Waals surface area contributed by atoms with E-state index in [2.05, 4.69) is 15.2 Å². The standard InChI is InChI=1S/C27H33ClFN5O3/c1-15-25(28)16(2)32-26(31-15)22-13-34(14-23(22)30)27(36)21-6-4-18(29)10-24(21)37-20-9-17-3-5-19(11-20)33(12-17)7-8-35/h4,6,10,17,19-20,30-31,35H,3,5,7-9,11-14H2,1-2H3/b26-22+,30-23?. The van der Waals surface area contributed by atoms with Crippen LogP contribution in [0.1, 0.15) is 49.9 Å². The van der Waals surface area contributed by atoms with Gasteiger partial charge in [-0.25, -0.2) is 9.38 Å². The molecule has 37 heavy (non-hydrogen) atoms. The Morgan fingerprint density at radius 1 is 1.30 bits per heavy atom. The number of ether oxygens (including phenoxy) is 1. The number of nitrogens with zero attached hydrogens (tertiary/aromatic N) is 3. The lowest BCUT2D eigenvalue weighted by atomic mass is 9.95. The molecule has 8 nitrogen and oxygen atoms in total. The van der Waals surface area contributed by atoms with Crippen LogP contribution in [0.15, 0.2) is 45.3 Å². The molecule has 1 aromatic rings. The Kier molecular flexibility index (Phi) is 7.38. The number of piperidine rings is 1. The Labute approximate surface area is 221 Å². The van der Waals surface area contributed by atoms with E-state index in [1.165, 1.54) is 18.2 Å². The van der Waals surface area contributed by atoms with Gasteiger partial charge in [0.05, 0.1) is 41.7 Å². The Bertz CT molecular complexity index is 1210. The highest BCUT2D eigenvalue weighted by molar-refractivity contribution is 6.43. The first-order chi connectivity index (χ1) is 17.7. The van der Waals surface area contributed by atoms with E-state index in [1.54, 1.807) is 11.8 Å². The maximum Gasteiger partial charge on any atom is 0.258 e. The molecule has 2 bridgehead atoms. The van der Waals surface area contributed by atoms with Crippen LogP contribution in [0.4, 0.5) is 4.39 Å². The average Bonchev–Trinajstić information content (AvgIpc) is 3.04. The summed E-state index contributed by atoms with van der Waals surface area (Å²) in [6.45, 7) is 5.70. The lowest BCUT2D eigenvalue weighted by Gasteiger charge is -2.35. The summed E-state index contributed by atoms with van der Waals surface area (Å²) in [4.78, 5) is 22.0. The summed E-state index contributed by atoms with van der Waals surface area (Å²) < 4.78 is 20.6. The summed E-state index contributed by atoms with van der Waals surface area (Å²) in [7, 11) is 0. The summed E-state index contributed by atoms with van der Waals surface area (Å²) >= 11 is 6.24. The average molecular weight is 530 g/mol. The number of hydrogen-bond acceptors (Lipinski definition) is 7. The normalized spacial score (nSPS) is 28.4. The number of halogens is 2. The number of hydrogen-bond donors (Lipinski definition) is 3. The van der Waals surface area contributed by atoms with Gasteiger partial charge in [0.25, 0.3) is 5.91 Å². The van der Waals surface area contributed by atoms with Crippen molar-refractivity contribution in [2.24, 2.45) is 10.9 Å². The molecular weight excluding hydrogens is 497 g/mol. The zero-order chi connectivity index (χ0) is 26.3.